The number of aromatic carboxylic acids is 1. The van der Waals surface area contributed by atoms with Gasteiger partial charge in [0, 0.05) is 125 Å². The molecule has 0 bridgehead atoms. The first-order valence-electron chi connectivity index (χ1n) is 31.2. The molecule has 106 heavy (non-hydrogen) atoms. The molecule has 2 fully saturated rings. The number of aliphatic hydroxyl groups is 1. The number of ether oxygens (including phenoxy) is 2. The summed E-state index contributed by atoms with van der Waals surface area (Å²) in [4.78, 5) is 75.6. The number of halogens is 6. The molecule has 2 aliphatic rings. The fraction of sp³-hybridized carbons (Fsp3) is 0.203. The van der Waals surface area contributed by atoms with E-state index in [1.165, 1.54) is 28.3 Å². The second kappa shape index (κ2) is 45.5. The molecule has 0 spiro atoms. The quantitative estimate of drug-likeness (QED) is 0.0250. The van der Waals surface area contributed by atoms with E-state index in [-0.39, 0.29) is 72.7 Å². The molecule has 37 heteroatoms. The zero-order valence-corrected chi connectivity index (χ0v) is 62.0. The van der Waals surface area contributed by atoms with Gasteiger partial charge in [-0.05, 0) is 160 Å². The standard InChI is InChI=1S/C20H18ClN7O.C11H10ClN3O2.C11H14N4.C9H6ClN3O2.C6H4ClN2.C6H6ClN.C5H7NO2.CH4O.ClH.Li.H2O/c21-14-3-5-16(6-4-14)28-13-23-18(25-28)20(29)24-15-7-10-27(12-15)19-17-2-1-9-26(17)11-8-22-19;1-2-17-11(16)10-13-7-15(14-10)9-5-3-8(12)4-6-9;12-9-3-6-15(8-9)11-10-2-1-5-14(10)7-4-13-11;10-6-1-3-7(4-2-6)13-5-11-8(12-13)9(14)15;7-5-1-3-6(9-8)4-2-5;7-5-1-3-6(8)4-2-5;1-3-8-5(7)4-6-2;1-2;;;/h1-6,8-9,11,13,15H,7,10,12H2,(H,24,29);3-7H,2H2,1H3;1-2,4-5,7,9H,3,6,8,12H2;1-5H,(H,14,15);1-4H;1-4H,8H2;3-4H2,1H3;2H,1H3;1H;;1H2/q;;;;+1;;;;;+1;/p-1/t15-;;9-;;;;;;;;/m0.0......../s1. The molecule has 0 unspecified atom stereocenters. The number of fused-ring (bicyclic) bond motifs is 2. The van der Waals surface area contributed by atoms with E-state index in [9.17, 15) is 19.2 Å². The average Bonchev–Trinajstić information content (AvgIpc) is 1.65. The van der Waals surface area contributed by atoms with Crippen molar-refractivity contribution in [1.29, 1.82) is 5.39 Å². The summed E-state index contributed by atoms with van der Waals surface area (Å²) in [5.74, 6) is -0.462. The summed E-state index contributed by atoms with van der Waals surface area (Å²) in [6.45, 7) is 13.6. The number of hydrogen-bond acceptors (Lipinski definition) is 21. The molecule has 2 atom stereocenters. The Labute approximate surface area is 651 Å². The topological polar surface area (TPSA) is 387 Å². The SMILES string of the molecule is CCOC(=O)c1ncn(-c2ccc(Cl)cc2)n1.CO.Cl.N#[N+]c1ccc(Cl)cc1.N[C@H]1CCN(c2nccn3cccc23)C1.Nc1ccc(Cl)cc1.O=C(N[C@H]1CCN(c2nccn3cccc23)C1)c1ncn(-c2ccc(Cl)cc2)n1.O=C(O)c1ncn(-c2ccc(Cl)cc2)n1.[C-]#[N+]CC(=O)OCC.[Li+].[OH-]. The van der Waals surface area contributed by atoms with Crippen molar-refractivity contribution in [2.45, 2.75) is 38.8 Å². The normalized spacial score (nSPS) is 12.6. The molecule has 2 saturated heterocycles. The Balaban J connectivity index is 0.000000272. The van der Waals surface area contributed by atoms with Crippen LogP contribution in [0.15, 0.2) is 202 Å². The van der Waals surface area contributed by atoms with Crippen LogP contribution in [0.25, 0.3) is 37.9 Å². The Morgan fingerprint density at radius 2 is 0.991 bits per heavy atom. The van der Waals surface area contributed by atoms with Crippen molar-refractivity contribution >= 4 is 128 Å². The van der Waals surface area contributed by atoms with Crippen LogP contribution < -0.4 is 45.4 Å². The molecular weight excluding hydrogens is 1490 g/mol. The summed E-state index contributed by atoms with van der Waals surface area (Å²) in [5, 5.41) is 42.2. The van der Waals surface area contributed by atoms with E-state index in [2.05, 4.69) is 80.4 Å². The number of nitrogens with zero attached hydrogens (tertiary/aromatic N) is 18. The summed E-state index contributed by atoms with van der Waals surface area (Å²) in [6, 6.07) is 43.2. The molecule has 9 heterocycles. The molecule has 2 aliphatic heterocycles. The number of aliphatic hydroxyl groups excluding tert-OH is 1. The van der Waals surface area contributed by atoms with Crippen molar-refractivity contribution in [2.24, 2.45) is 5.73 Å². The zero-order chi connectivity index (χ0) is 74.2. The maximum Gasteiger partial charge on any atom is 1.00 e. The van der Waals surface area contributed by atoms with Crippen LogP contribution in [0.3, 0.4) is 0 Å². The number of nitrogens with one attached hydrogen (secondary N) is 1. The van der Waals surface area contributed by atoms with Crippen LogP contribution in [0.4, 0.5) is 23.0 Å². The van der Waals surface area contributed by atoms with E-state index in [0.717, 1.165) is 84.3 Å². The number of diazo groups is 1. The summed E-state index contributed by atoms with van der Waals surface area (Å²) >= 11 is 28.5. The Bertz CT molecular complexity index is 4730. The van der Waals surface area contributed by atoms with Gasteiger partial charge in [-0.15, -0.1) is 27.7 Å². The molecule has 12 aromatic rings. The van der Waals surface area contributed by atoms with Crippen LogP contribution in [0.5, 0.6) is 0 Å². The number of nitrogens with two attached hydrogens (primary N) is 2. The number of hydrogen-bond donors (Lipinski definition) is 5. The largest absolute Gasteiger partial charge is 1.00 e. The molecular formula is C69H71Cl6LiN21O9+. The van der Waals surface area contributed by atoms with Gasteiger partial charge in [0.25, 0.3) is 17.6 Å². The molecule has 0 saturated carbocycles. The van der Waals surface area contributed by atoms with Crippen LogP contribution in [-0.2, 0) is 14.3 Å². The third-order valence-corrected chi connectivity index (χ3v) is 15.4. The Kier molecular flexibility index (Phi) is 37.7. The first-order chi connectivity index (χ1) is 49.8. The van der Waals surface area contributed by atoms with Gasteiger partial charge in [0.05, 0.1) is 41.3 Å². The number of anilines is 3. The fourth-order valence-electron chi connectivity index (χ4n) is 9.37. The van der Waals surface area contributed by atoms with Gasteiger partial charge in [-0.3, -0.25) is 4.79 Å². The maximum atomic E-state index is 12.6. The predicted octanol–water partition coefficient (Wildman–Crippen LogP) is 9.24. The first-order valence-corrected chi connectivity index (χ1v) is 33.1. The van der Waals surface area contributed by atoms with Crippen molar-refractivity contribution in [3.8, 4) is 17.1 Å². The second-order valence-electron chi connectivity index (χ2n) is 21.2. The molecule has 5 aromatic carbocycles. The molecule has 14 rings (SSSR count). The van der Waals surface area contributed by atoms with Gasteiger partial charge in [0.15, 0.2) is 16.6 Å². The van der Waals surface area contributed by atoms with E-state index in [1.54, 1.807) is 134 Å². The molecule has 548 valence electrons. The summed E-state index contributed by atoms with van der Waals surface area (Å²) in [6.07, 6.45) is 17.8. The number of carboxylic acids is 1. The van der Waals surface area contributed by atoms with Gasteiger partial charge in [-0.25, -0.2) is 59.9 Å². The third kappa shape index (κ3) is 27.1. The minimum atomic E-state index is -1.15. The number of esters is 2. The molecule has 0 radical (unpaired) electrons. The monoisotopic (exact) mass is 1550 g/mol. The van der Waals surface area contributed by atoms with Crippen molar-refractivity contribution in [3.63, 3.8) is 0 Å². The van der Waals surface area contributed by atoms with Gasteiger partial charge in [0.2, 0.25) is 11.2 Å². The Morgan fingerprint density at radius 3 is 1.40 bits per heavy atom. The molecule has 0 aliphatic carbocycles. The Hall–Kier alpha value is -10.7. The van der Waals surface area contributed by atoms with E-state index in [4.69, 9.17) is 96.4 Å². The number of aromatic nitrogens is 13. The Morgan fingerprint density at radius 1 is 0.585 bits per heavy atom. The zero-order valence-electron chi connectivity index (χ0n) is 57.4. The average molecular weight is 1560 g/mol. The number of nitrogen functional groups attached to an aromatic ring is 1. The third-order valence-electron chi connectivity index (χ3n) is 14.1. The van der Waals surface area contributed by atoms with E-state index >= 15 is 0 Å². The van der Waals surface area contributed by atoms with Crippen molar-refractivity contribution < 1.29 is 63.2 Å². The smallest absolute Gasteiger partial charge is 0.870 e. The molecule has 30 nitrogen and oxygen atoms in total. The van der Waals surface area contributed by atoms with Gasteiger partial charge >= 0.3 is 49.0 Å². The summed E-state index contributed by atoms with van der Waals surface area (Å²) in [7, 11) is 1.00. The van der Waals surface area contributed by atoms with Crippen LogP contribution >= 0.6 is 70.4 Å². The maximum absolute atomic E-state index is 12.6. The van der Waals surface area contributed by atoms with Crippen LogP contribution in [-0.4, -0.2) is 168 Å². The van der Waals surface area contributed by atoms with Crippen LogP contribution in [0.2, 0.25) is 25.1 Å². The second-order valence-corrected chi connectivity index (χ2v) is 23.4. The molecule has 7 aromatic heterocycles. The number of carboxylic acid groups (broad SMARTS) is 1. The summed E-state index contributed by atoms with van der Waals surface area (Å²) in [5.41, 5.74) is 17.0. The fourth-order valence-corrected chi connectivity index (χ4v) is 10.0. The van der Waals surface area contributed by atoms with Crippen LogP contribution in [0, 0.1) is 12.0 Å². The van der Waals surface area contributed by atoms with Gasteiger partial charge < -0.3 is 65.4 Å². The van der Waals surface area contributed by atoms with E-state index in [1.807, 2.05) is 65.7 Å². The minimum absolute atomic E-state index is 0. The van der Waals surface area contributed by atoms with Crippen molar-refractivity contribution in [2.75, 3.05) is 68.6 Å². The molecule has 1 amide bonds. The molecule has 8 N–H and O–H groups in total. The number of benzene rings is 5. The first kappa shape index (κ1) is 87.7. The minimum Gasteiger partial charge on any atom is -0.870 e. The van der Waals surface area contributed by atoms with E-state index in [0.29, 0.717) is 57.3 Å². The predicted molar refractivity (Wildman–Crippen MR) is 403 cm³/mol. The number of rotatable bonds is 12. The van der Waals surface area contributed by atoms with Gasteiger partial charge in [-0.2, -0.15) is 0 Å². The van der Waals surface area contributed by atoms with Gasteiger partial charge in [0.1, 0.15) is 19.0 Å². The van der Waals surface area contributed by atoms with Crippen molar-refractivity contribution in [3.05, 3.63) is 261 Å². The van der Waals surface area contributed by atoms with Crippen molar-refractivity contribution in [1.82, 2.24) is 68.4 Å². The summed E-state index contributed by atoms with van der Waals surface area (Å²) < 4.78 is 17.8. The van der Waals surface area contributed by atoms with Gasteiger partial charge in [-0.1, -0.05) is 58.0 Å². The number of carbonyl (C=O) groups excluding carboxylic acids is 3. The number of amides is 1. The number of carbonyl (C=O) groups is 4. The van der Waals surface area contributed by atoms with E-state index < -0.39 is 17.9 Å². The van der Waals surface area contributed by atoms with Crippen LogP contribution in [0.1, 0.15) is 58.5 Å².